The molecule has 0 aromatic rings. The zero-order valence-corrected chi connectivity index (χ0v) is 9.92. The topological polar surface area (TPSA) is 61.5 Å². The summed E-state index contributed by atoms with van der Waals surface area (Å²) in [4.78, 5) is 11.0. The van der Waals surface area contributed by atoms with Gasteiger partial charge in [0.2, 0.25) is 0 Å². The molecule has 0 amide bonds. The predicted octanol–water partition coefficient (Wildman–Crippen LogP) is 0.646. The van der Waals surface area contributed by atoms with Crippen LogP contribution in [0.3, 0.4) is 0 Å². The Morgan fingerprint density at radius 2 is 2.53 bits per heavy atom. The van der Waals surface area contributed by atoms with Gasteiger partial charge in [-0.05, 0) is 13.3 Å². The predicted molar refractivity (Wildman–Crippen MR) is 60.9 cm³/mol. The molecule has 2 atom stereocenters. The highest BCUT2D eigenvalue weighted by Gasteiger charge is 2.22. The van der Waals surface area contributed by atoms with E-state index in [9.17, 15) is 4.79 Å². The van der Waals surface area contributed by atoms with Crippen molar-refractivity contribution >= 4 is 17.7 Å². The summed E-state index contributed by atoms with van der Waals surface area (Å²) in [5, 5.41) is 0. The molecule has 2 unspecified atom stereocenters. The summed E-state index contributed by atoms with van der Waals surface area (Å²) in [6.07, 6.45) is 1.04. The van der Waals surface area contributed by atoms with Crippen LogP contribution in [-0.4, -0.2) is 43.3 Å². The molecule has 0 spiro atoms. The second-order valence-electron chi connectivity index (χ2n) is 3.61. The first-order chi connectivity index (χ1) is 7.24. The molecule has 0 radical (unpaired) electrons. The largest absolute Gasteiger partial charge is 0.465 e. The number of thioether (sulfide) groups is 1. The minimum absolute atomic E-state index is 0.131. The molecule has 0 saturated carbocycles. The van der Waals surface area contributed by atoms with Crippen molar-refractivity contribution in [2.75, 3.05) is 31.3 Å². The zero-order valence-electron chi connectivity index (χ0n) is 9.11. The van der Waals surface area contributed by atoms with Gasteiger partial charge in [-0.3, -0.25) is 4.79 Å². The van der Waals surface area contributed by atoms with Crippen LogP contribution >= 0.6 is 11.8 Å². The van der Waals surface area contributed by atoms with E-state index in [0.29, 0.717) is 18.3 Å². The van der Waals surface area contributed by atoms with E-state index in [4.69, 9.17) is 15.2 Å². The average molecular weight is 233 g/mol. The maximum absolute atomic E-state index is 11.0. The molecule has 15 heavy (non-hydrogen) atoms. The Bertz CT molecular complexity index is 195. The Morgan fingerprint density at radius 1 is 1.73 bits per heavy atom. The van der Waals surface area contributed by atoms with E-state index in [1.807, 2.05) is 6.92 Å². The lowest BCUT2D eigenvalue weighted by Crippen LogP contribution is -2.33. The van der Waals surface area contributed by atoms with Gasteiger partial charge in [0.05, 0.1) is 19.0 Å². The summed E-state index contributed by atoms with van der Waals surface area (Å²) in [5.74, 6) is 1.50. The molecule has 1 rings (SSSR count). The molecule has 88 valence electrons. The molecule has 0 aromatic carbocycles. The molecule has 4 nitrogen and oxygen atoms in total. The van der Waals surface area contributed by atoms with Gasteiger partial charge in [0.25, 0.3) is 0 Å². The lowest BCUT2D eigenvalue weighted by atomic mass is 10.0. The summed E-state index contributed by atoms with van der Waals surface area (Å²) < 4.78 is 10.1. The number of hydrogen-bond donors (Lipinski definition) is 1. The molecule has 5 heteroatoms. The monoisotopic (exact) mass is 233 g/mol. The van der Waals surface area contributed by atoms with Crippen LogP contribution in [0.4, 0.5) is 0 Å². The Morgan fingerprint density at radius 3 is 3.13 bits per heavy atom. The number of ether oxygens (including phenoxy) is 2. The van der Waals surface area contributed by atoms with Crippen molar-refractivity contribution in [1.82, 2.24) is 0 Å². The van der Waals surface area contributed by atoms with Crippen molar-refractivity contribution in [3.63, 3.8) is 0 Å². The number of esters is 1. The average Bonchev–Trinajstić information content (AvgIpc) is 2.70. The SMILES string of the molecule is CCOC(=O)CSCC(N)C1CCOC1. The van der Waals surface area contributed by atoms with Crippen molar-refractivity contribution in [1.29, 1.82) is 0 Å². The second-order valence-corrected chi connectivity index (χ2v) is 4.64. The Kier molecular flexibility index (Phi) is 6.05. The molecule has 1 saturated heterocycles. The van der Waals surface area contributed by atoms with Crippen LogP contribution < -0.4 is 5.73 Å². The van der Waals surface area contributed by atoms with Crippen LogP contribution in [0.15, 0.2) is 0 Å². The third-order valence-corrected chi connectivity index (χ3v) is 3.47. The van der Waals surface area contributed by atoms with E-state index in [-0.39, 0.29) is 12.0 Å². The van der Waals surface area contributed by atoms with Crippen molar-refractivity contribution in [3.05, 3.63) is 0 Å². The van der Waals surface area contributed by atoms with Crippen LogP contribution in [0.1, 0.15) is 13.3 Å². The normalized spacial score (nSPS) is 22.7. The lowest BCUT2D eigenvalue weighted by Gasteiger charge is -2.16. The first-order valence-corrected chi connectivity index (χ1v) is 6.46. The van der Waals surface area contributed by atoms with E-state index < -0.39 is 0 Å². The van der Waals surface area contributed by atoms with Crippen molar-refractivity contribution in [3.8, 4) is 0 Å². The maximum Gasteiger partial charge on any atom is 0.315 e. The molecule has 0 aromatic heterocycles. The van der Waals surface area contributed by atoms with Gasteiger partial charge < -0.3 is 15.2 Å². The highest BCUT2D eigenvalue weighted by Crippen LogP contribution is 2.18. The zero-order chi connectivity index (χ0) is 11.1. The van der Waals surface area contributed by atoms with E-state index >= 15 is 0 Å². The van der Waals surface area contributed by atoms with Crippen LogP contribution in [0, 0.1) is 5.92 Å². The third kappa shape index (κ3) is 4.86. The molecule has 1 fully saturated rings. The highest BCUT2D eigenvalue weighted by molar-refractivity contribution is 7.99. The number of hydrogen-bond acceptors (Lipinski definition) is 5. The van der Waals surface area contributed by atoms with Crippen LogP contribution in [-0.2, 0) is 14.3 Å². The van der Waals surface area contributed by atoms with E-state index in [1.54, 1.807) is 11.8 Å². The van der Waals surface area contributed by atoms with Gasteiger partial charge in [-0.2, -0.15) is 0 Å². The molecule has 2 N–H and O–H groups in total. The first kappa shape index (κ1) is 12.8. The summed E-state index contributed by atoms with van der Waals surface area (Å²) in [5.41, 5.74) is 5.99. The van der Waals surface area contributed by atoms with Crippen molar-refractivity contribution in [2.24, 2.45) is 11.7 Å². The number of nitrogens with two attached hydrogens (primary N) is 1. The first-order valence-electron chi connectivity index (χ1n) is 5.30. The molecule has 1 aliphatic heterocycles. The summed E-state index contributed by atoms with van der Waals surface area (Å²) in [6.45, 7) is 3.84. The number of rotatable bonds is 6. The van der Waals surface area contributed by atoms with Gasteiger partial charge in [-0.1, -0.05) is 0 Å². The van der Waals surface area contributed by atoms with E-state index in [1.165, 1.54) is 0 Å². The summed E-state index contributed by atoms with van der Waals surface area (Å²) in [6, 6.07) is 0.131. The molecule has 0 aliphatic carbocycles. The maximum atomic E-state index is 11.0. The van der Waals surface area contributed by atoms with Crippen LogP contribution in [0.25, 0.3) is 0 Å². The van der Waals surface area contributed by atoms with Gasteiger partial charge in [-0.15, -0.1) is 11.8 Å². The standard InChI is InChI=1S/C10H19NO3S/c1-2-14-10(12)7-15-6-9(11)8-3-4-13-5-8/h8-9H,2-7,11H2,1H3. The van der Waals surface area contributed by atoms with Gasteiger partial charge in [-0.25, -0.2) is 0 Å². The van der Waals surface area contributed by atoms with Gasteiger partial charge >= 0.3 is 5.97 Å². The fourth-order valence-corrected chi connectivity index (χ4v) is 2.42. The number of carbonyl (C=O) groups excluding carboxylic acids is 1. The van der Waals surface area contributed by atoms with E-state index in [2.05, 4.69) is 0 Å². The Hall–Kier alpha value is -0.260. The fraction of sp³-hybridized carbons (Fsp3) is 0.900. The molecule has 1 aliphatic rings. The molecule has 0 bridgehead atoms. The fourth-order valence-electron chi connectivity index (χ4n) is 1.51. The van der Waals surface area contributed by atoms with Crippen LogP contribution in [0.2, 0.25) is 0 Å². The molecular formula is C10H19NO3S. The third-order valence-electron chi connectivity index (χ3n) is 2.41. The minimum atomic E-state index is -0.155. The minimum Gasteiger partial charge on any atom is -0.465 e. The van der Waals surface area contributed by atoms with E-state index in [0.717, 1.165) is 25.4 Å². The Balaban J connectivity index is 2.05. The molecular weight excluding hydrogens is 214 g/mol. The van der Waals surface area contributed by atoms with Gasteiger partial charge in [0, 0.05) is 24.3 Å². The highest BCUT2D eigenvalue weighted by atomic mass is 32.2. The van der Waals surface area contributed by atoms with Crippen LogP contribution in [0.5, 0.6) is 0 Å². The summed E-state index contributed by atoms with van der Waals surface area (Å²) in [7, 11) is 0. The van der Waals surface area contributed by atoms with Gasteiger partial charge in [0.15, 0.2) is 0 Å². The smallest absolute Gasteiger partial charge is 0.315 e. The Labute approximate surface area is 94.9 Å². The van der Waals surface area contributed by atoms with Gasteiger partial charge in [0.1, 0.15) is 0 Å². The molecule has 1 heterocycles. The van der Waals surface area contributed by atoms with Crippen molar-refractivity contribution in [2.45, 2.75) is 19.4 Å². The second kappa shape index (κ2) is 7.09. The summed E-state index contributed by atoms with van der Waals surface area (Å²) >= 11 is 1.54. The number of carbonyl (C=O) groups is 1. The van der Waals surface area contributed by atoms with Crippen molar-refractivity contribution < 1.29 is 14.3 Å². The lowest BCUT2D eigenvalue weighted by molar-refractivity contribution is -0.139. The quantitative estimate of drug-likeness (QED) is 0.682.